The van der Waals surface area contributed by atoms with Crippen molar-refractivity contribution in [1.29, 1.82) is 0 Å². The minimum atomic E-state index is -0.939. The first-order valence-corrected chi connectivity index (χ1v) is 17.5. The topological polar surface area (TPSA) is 105 Å². The van der Waals surface area contributed by atoms with Crippen molar-refractivity contribution in [2.75, 3.05) is 64.1 Å². The van der Waals surface area contributed by atoms with Gasteiger partial charge in [0.05, 0.1) is 29.7 Å². The molecule has 2 aromatic carbocycles. The molecule has 6 heterocycles. The zero-order chi connectivity index (χ0) is 35.1. The first-order chi connectivity index (χ1) is 24.8. The molecule has 0 aliphatic carbocycles. The predicted octanol–water partition coefficient (Wildman–Crippen LogP) is 5.39. The first kappa shape index (κ1) is 33.4. The van der Waals surface area contributed by atoms with Crippen molar-refractivity contribution in [2.24, 2.45) is 0 Å². The number of rotatable bonds is 6. The monoisotopic (exact) mass is 701 g/mol. The van der Waals surface area contributed by atoms with Crippen LogP contribution in [-0.2, 0) is 4.74 Å². The molecule has 2 atom stereocenters. The molecule has 1 N–H and O–H groups in total. The number of morpholine rings is 1. The Bertz CT molecular complexity index is 2030. The van der Waals surface area contributed by atoms with Gasteiger partial charge in [-0.25, -0.2) is 23.4 Å². The van der Waals surface area contributed by atoms with Gasteiger partial charge in [0.2, 0.25) is 0 Å². The summed E-state index contributed by atoms with van der Waals surface area (Å²) in [5.41, 5.74) is 2.72. The number of nitrogens with zero attached hydrogens (tertiary/aromatic N) is 6. The number of ether oxygens (including phenoxy) is 3. The standard InChI is InChI=1S/C37H38F3N7O4/c1-2-26-29(39)8-7-23-17-25(51-36(48)45-13-15-49-16-14-45)18-27(30(23)26)32-31(40)33-28(20-41-32)34(47-12-5-3-4-10-42-47)44-35(43-33)50-22-37-9-6-11-46(37)21-24(38)19-37/h1,7-8,17-18,20,24,42H,3-6,9-16,19,21-22H2/t24-,37+/m1/s1. The summed E-state index contributed by atoms with van der Waals surface area (Å²) in [4.78, 5) is 30.6. The van der Waals surface area contributed by atoms with Gasteiger partial charge in [0.15, 0.2) is 11.6 Å². The van der Waals surface area contributed by atoms with Crippen LogP contribution in [-0.4, -0.2) is 102 Å². The maximum absolute atomic E-state index is 17.1. The third-order valence-electron chi connectivity index (χ3n) is 10.4. The van der Waals surface area contributed by atoms with Crippen molar-refractivity contribution in [1.82, 2.24) is 30.2 Å². The summed E-state index contributed by atoms with van der Waals surface area (Å²) in [5, 5.41) is 2.87. The Balaban J connectivity index is 1.25. The van der Waals surface area contributed by atoms with Crippen LogP contribution in [0.1, 0.15) is 44.1 Å². The van der Waals surface area contributed by atoms with Crippen LogP contribution >= 0.6 is 0 Å². The van der Waals surface area contributed by atoms with Crippen molar-refractivity contribution >= 4 is 33.6 Å². The van der Waals surface area contributed by atoms with Gasteiger partial charge in [-0.3, -0.25) is 14.9 Å². The highest BCUT2D eigenvalue weighted by Gasteiger charge is 2.49. The zero-order valence-electron chi connectivity index (χ0n) is 28.1. The molecule has 0 radical (unpaired) electrons. The highest BCUT2D eigenvalue weighted by atomic mass is 19.1. The lowest BCUT2D eigenvalue weighted by Gasteiger charge is -2.31. The zero-order valence-corrected chi connectivity index (χ0v) is 28.1. The number of carbonyl (C=O) groups is 1. The Kier molecular flexibility index (Phi) is 9.03. The van der Waals surface area contributed by atoms with Gasteiger partial charge in [0.1, 0.15) is 35.6 Å². The number of nitrogens with one attached hydrogen (secondary N) is 1. The molecule has 51 heavy (non-hydrogen) atoms. The normalized spacial score (nSPS) is 22.6. The summed E-state index contributed by atoms with van der Waals surface area (Å²) < 4.78 is 64.2. The van der Waals surface area contributed by atoms with Crippen LogP contribution in [0.25, 0.3) is 32.9 Å². The number of alkyl halides is 1. The van der Waals surface area contributed by atoms with E-state index in [1.165, 1.54) is 29.3 Å². The summed E-state index contributed by atoms with van der Waals surface area (Å²) in [6, 6.07) is 5.67. The fourth-order valence-corrected chi connectivity index (χ4v) is 7.88. The van der Waals surface area contributed by atoms with Crippen LogP contribution in [0.3, 0.4) is 0 Å². The van der Waals surface area contributed by atoms with Crippen LogP contribution in [0.15, 0.2) is 30.5 Å². The molecule has 4 fully saturated rings. The number of benzene rings is 2. The van der Waals surface area contributed by atoms with Crippen molar-refractivity contribution in [3.63, 3.8) is 0 Å². The Morgan fingerprint density at radius 3 is 2.80 bits per heavy atom. The Morgan fingerprint density at radius 2 is 1.96 bits per heavy atom. The molecule has 1 amide bonds. The second-order valence-corrected chi connectivity index (χ2v) is 13.6. The molecule has 0 saturated carbocycles. The number of hydrogen-bond donors (Lipinski definition) is 1. The molecular weight excluding hydrogens is 663 g/mol. The number of hydrogen-bond acceptors (Lipinski definition) is 10. The quantitative estimate of drug-likeness (QED) is 0.264. The van der Waals surface area contributed by atoms with Crippen molar-refractivity contribution in [3.05, 3.63) is 47.7 Å². The number of hydrazine groups is 1. The largest absolute Gasteiger partial charge is 0.461 e. The lowest BCUT2D eigenvalue weighted by atomic mass is 9.95. The summed E-state index contributed by atoms with van der Waals surface area (Å²) in [5.74, 6) is 1.43. The van der Waals surface area contributed by atoms with E-state index in [1.807, 2.05) is 5.01 Å². The summed E-state index contributed by atoms with van der Waals surface area (Å²) >= 11 is 0. The lowest BCUT2D eigenvalue weighted by Crippen LogP contribution is -2.43. The predicted molar refractivity (Wildman–Crippen MR) is 184 cm³/mol. The maximum Gasteiger partial charge on any atom is 0.415 e. The second kappa shape index (κ2) is 13.8. The van der Waals surface area contributed by atoms with E-state index in [9.17, 15) is 9.18 Å². The Hall–Kier alpha value is -4.71. The molecule has 0 unspecified atom stereocenters. The fraction of sp³-hybridized carbons (Fsp3) is 0.459. The number of terminal acetylenes is 1. The van der Waals surface area contributed by atoms with Crippen LogP contribution < -0.4 is 19.9 Å². The van der Waals surface area contributed by atoms with Gasteiger partial charge in [-0.05, 0) is 55.8 Å². The number of anilines is 1. The van der Waals surface area contributed by atoms with Gasteiger partial charge in [-0.2, -0.15) is 9.97 Å². The maximum atomic E-state index is 17.1. The van der Waals surface area contributed by atoms with E-state index in [1.54, 1.807) is 6.07 Å². The molecule has 4 aliphatic heterocycles. The average molecular weight is 702 g/mol. The number of fused-ring (bicyclic) bond motifs is 3. The number of aromatic nitrogens is 3. The second-order valence-electron chi connectivity index (χ2n) is 13.6. The minimum Gasteiger partial charge on any atom is -0.461 e. The molecular formula is C37H38F3N7O4. The van der Waals surface area contributed by atoms with E-state index in [2.05, 4.69) is 26.2 Å². The summed E-state index contributed by atoms with van der Waals surface area (Å²) in [6.45, 7) is 4.12. The molecule has 0 bridgehead atoms. The Morgan fingerprint density at radius 1 is 1.10 bits per heavy atom. The van der Waals surface area contributed by atoms with Crippen molar-refractivity contribution < 1.29 is 32.2 Å². The van der Waals surface area contributed by atoms with Gasteiger partial charge >= 0.3 is 12.1 Å². The Labute approximate surface area is 293 Å². The van der Waals surface area contributed by atoms with Crippen LogP contribution in [0.2, 0.25) is 0 Å². The average Bonchev–Trinajstić information content (AvgIpc) is 3.52. The first-order valence-electron chi connectivity index (χ1n) is 17.5. The van der Waals surface area contributed by atoms with Gasteiger partial charge in [-0.15, -0.1) is 6.42 Å². The van der Waals surface area contributed by atoms with E-state index < -0.39 is 29.4 Å². The van der Waals surface area contributed by atoms with E-state index in [4.69, 9.17) is 25.6 Å². The van der Waals surface area contributed by atoms with E-state index in [0.29, 0.717) is 68.9 Å². The lowest BCUT2D eigenvalue weighted by molar-refractivity contribution is 0.0416. The van der Waals surface area contributed by atoms with E-state index >= 15 is 8.78 Å². The smallest absolute Gasteiger partial charge is 0.415 e. The SMILES string of the molecule is C#Cc1c(F)ccc2cc(OC(=O)N3CCOCC3)cc(-c3ncc4c(N5CCCCCN5)nc(OC[C@@]56CCCN5C[C@H](F)C6)nc4c3F)c12. The summed E-state index contributed by atoms with van der Waals surface area (Å²) in [7, 11) is 0. The van der Waals surface area contributed by atoms with Crippen LogP contribution in [0.4, 0.5) is 23.8 Å². The van der Waals surface area contributed by atoms with Gasteiger partial charge in [0.25, 0.3) is 0 Å². The summed E-state index contributed by atoms with van der Waals surface area (Å²) in [6.07, 6.45) is 10.7. The third kappa shape index (κ3) is 6.28. The molecule has 4 aliphatic rings. The highest BCUT2D eigenvalue weighted by Crippen LogP contribution is 2.42. The minimum absolute atomic E-state index is 0.0449. The van der Waals surface area contributed by atoms with Gasteiger partial charge in [-0.1, -0.05) is 18.4 Å². The highest BCUT2D eigenvalue weighted by molar-refractivity contribution is 6.03. The third-order valence-corrected chi connectivity index (χ3v) is 10.4. The van der Waals surface area contributed by atoms with Gasteiger partial charge < -0.3 is 19.1 Å². The molecule has 4 saturated heterocycles. The molecule has 0 spiro atoms. The number of pyridine rings is 1. The van der Waals surface area contributed by atoms with E-state index in [-0.39, 0.29) is 46.1 Å². The molecule has 11 nitrogen and oxygen atoms in total. The molecule has 2 aromatic heterocycles. The fourth-order valence-electron chi connectivity index (χ4n) is 7.88. The van der Waals surface area contributed by atoms with Crippen molar-refractivity contribution in [3.8, 4) is 35.4 Å². The number of halogens is 3. The van der Waals surface area contributed by atoms with Crippen molar-refractivity contribution in [2.45, 2.75) is 50.2 Å². The van der Waals surface area contributed by atoms with E-state index in [0.717, 1.165) is 38.6 Å². The molecule has 14 heteroatoms. The van der Waals surface area contributed by atoms with Crippen LogP contribution in [0, 0.1) is 24.0 Å². The number of amides is 1. The molecule has 266 valence electrons. The van der Waals surface area contributed by atoms with Crippen LogP contribution in [0.5, 0.6) is 11.8 Å². The van der Waals surface area contributed by atoms with Gasteiger partial charge in [0, 0.05) is 56.3 Å². The molecule has 8 rings (SSSR count). The molecule has 4 aromatic rings. The number of carbonyl (C=O) groups excluding carboxylic acids is 1.